The van der Waals surface area contributed by atoms with E-state index < -0.39 is 10.0 Å². The minimum Gasteiger partial charge on any atom is -0.484 e. The summed E-state index contributed by atoms with van der Waals surface area (Å²) in [5.74, 6) is 0.109. The molecule has 0 aliphatic carbocycles. The van der Waals surface area contributed by atoms with Gasteiger partial charge in [0.2, 0.25) is 10.0 Å². The van der Waals surface area contributed by atoms with Crippen molar-refractivity contribution in [1.82, 2.24) is 5.32 Å². The van der Waals surface area contributed by atoms with Crippen molar-refractivity contribution in [3.8, 4) is 11.8 Å². The molecule has 0 unspecified atom stereocenters. The third kappa shape index (κ3) is 6.53. The Morgan fingerprint density at radius 3 is 2.68 bits per heavy atom. The van der Waals surface area contributed by atoms with E-state index in [1.807, 2.05) is 6.07 Å². The van der Waals surface area contributed by atoms with Crippen molar-refractivity contribution in [2.45, 2.75) is 6.54 Å². The molecule has 8 heteroatoms. The van der Waals surface area contributed by atoms with Crippen molar-refractivity contribution in [2.75, 3.05) is 17.6 Å². The van der Waals surface area contributed by atoms with E-state index in [1.165, 1.54) is 0 Å². The molecular formula is C17H17N3O4S. The summed E-state index contributed by atoms with van der Waals surface area (Å²) in [6.45, 7) is 0.0515. The quantitative estimate of drug-likeness (QED) is 0.781. The van der Waals surface area contributed by atoms with Crippen molar-refractivity contribution in [1.29, 1.82) is 5.26 Å². The van der Waals surface area contributed by atoms with Crippen LogP contribution < -0.4 is 14.8 Å². The Labute approximate surface area is 146 Å². The Hall–Kier alpha value is -3.05. The fourth-order valence-electron chi connectivity index (χ4n) is 2.01. The first-order valence-electron chi connectivity index (χ1n) is 7.32. The van der Waals surface area contributed by atoms with Gasteiger partial charge in [-0.25, -0.2) is 8.42 Å². The SMILES string of the molecule is CS(=O)(=O)Nc1cccc(CNC(=O)COc2cccc(C#N)c2)c1. The Morgan fingerprint density at radius 1 is 1.20 bits per heavy atom. The highest BCUT2D eigenvalue weighted by atomic mass is 32.2. The van der Waals surface area contributed by atoms with Gasteiger partial charge in [0, 0.05) is 12.2 Å². The summed E-state index contributed by atoms with van der Waals surface area (Å²) in [5.41, 5.74) is 1.63. The number of sulfonamides is 1. The standard InChI is InChI=1S/C17H17N3O4S/c1-25(22,23)20-15-6-2-5-14(8-15)11-19-17(21)12-24-16-7-3-4-13(9-16)10-18/h2-9,20H,11-12H2,1H3,(H,19,21). The molecule has 0 aliphatic rings. The van der Waals surface area contributed by atoms with E-state index in [-0.39, 0.29) is 19.1 Å². The van der Waals surface area contributed by atoms with E-state index in [0.717, 1.165) is 11.8 Å². The third-order valence-corrected chi connectivity index (χ3v) is 3.66. The zero-order valence-corrected chi connectivity index (χ0v) is 14.3. The summed E-state index contributed by atoms with van der Waals surface area (Å²) in [6, 6.07) is 15.2. The number of hydrogen-bond donors (Lipinski definition) is 2. The second-order valence-corrected chi connectivity index (χ2v) is 7.03. The van der Waals surface area contributed by atoms with Crippen molar-refractivity contribution in [3.05, 3.63) is 59.7 Å². The lowest BCUT2D eigenvalue weighted by Gasteiger charge is -2.09. The van der Waals surface area contributed by atoms with E-state index in [9.17, 15) is 13.2 Å². The summed E-state index contributed by atoms with van der Waals surface area (Å²) >= 11 is 0. The number of carbonyl (C=O) groups excluding carboxylic acids is 1. The van der Waals surface area contributed by atoms with Gasteiger partial charge < -0.3 is 10.1 Å². The summed E-state index contributed by atoms with van der Waals surface area (Å²) in [4.78, 5) is 11.8. The van der Waals surface area contributed by atoms with Gasteiger partial charge in [0.05, 0.1) is 17.9 Å². The van der Waals surface area contributed by atoms with Crippen LogP contribution in [0, 0.1) is 11.3 Å². The Bertz CT molecular complexity index is 904. The zero-order chi connectivity index (χ0) is 18.3. The van der Waals surface area contributed by atoms with Crippen molar-refractivity contribution >= 4 is 21.6 Å². The molecule has 1 amide bonds. The van der Waals surface area contributed by atoms with Crippen LogP contribution in [0.2, 0.25) is 0 Å². The molecule has 0 aromatic heterocycles. The van der Waals surface area contributed by atoms with Crippen molar-refractivity contribution in [2.24, 2.45) is 0 Å². The van der Waals surface area contributed by atoms with Crippen LogP contribution in [0.15, 0.2) is 48.5 Å². The van der Waals surface area contributed by atoms with E-state index in [2.05, 4.69) is 10.0 Å². The predicted octanol–water partition coefficient (Wildman–Crippen LogP) is 1.62. The Kier molecular flexibility index (Phi) is 5.98. The maximum Gasteiger partial charge on any atom is 0.258 e. The lowest BCUT2D eigenvalue weighted by molar-refractivity contribution is -0.123. The number of rotatable bonds is 7. The minimum atomic E-state index is -3.35. The van der Waals surface area contributed by atoms with Gasteiger partial charge in [-0.1, -0.05) is 18.2 Å². The third-order valence-electron chi connectivity index (χ3n) is 3.05. The van der Waals surface area contributed by atoms with Crippen LogP contribution in [-0.4, -0.2) is 27.2 Å². The van der Waals surface area contributed by atoms with Gasteiger partial charge >= 0.3 is 0 Å². The monoisotopic (exact) mass is 359 g/mol. The number of benzene rings is 2. The fraction of sp³-hybridized carbons (Fsp3) is 0.176. The van der Waals surface area contributed by atoms with Crippen LogP contribution in [0.25, 0.3) is 0 Å². The van der Waals surface area contributed by atoms with Gasteiger partial charge in [0.15, 0.2) is 6.61 Å². The molecule has 2 rings (SSSR count). The first kappa shape index (κ1) is 18.3. The molecular weight excluding hydrogens is 342 g/mol. The Balaban J connectivity index is 1.85. The average molecular weight is 359 g/mol. The van der Waals surface area contributed by atoms with Crippen LogP contribution >= 0.6 is 0 Å². The summed E-state index contributed by atoms with van der Waals surface area (Å²) in [5, 5.41) is 11.5. The molecule has 130 valence electrons. The molecule has 25 heavy (non-hydrogen) atoms. The van der Waals surface area contributed by atoms with Gasteiger partial charge in [0.25, 0.3) is 5.91 Å². The van der Waals surface area contributed by atoms with Gasteiger partial charge in [-0.2, -0.15) is 5.26 Å². The summed E-state index contributed by atoms with van der Waals surface area (Å²) in [7, 11) is -3.35. The minimum absolute atomic E-state index is 0.184. The van der Waals surface area contributed by atoms with Gasteiger partial charge in [-0.05, 0) is 35.9 Å². The Morgan fingerprint density at radius 2 is 1.96 bits per heavy atom. The zero-order valence-electron chi connectivity index (χ0n) is 13.5. The van der Waals surface area contributed by atoms with Crippen LogP contribution in [0.1, 0.15) is 11.1 Å². The van der Waals surface area contributed by atoms with Gasteiger partial charge in [-0.15, -0.1) is 0 Å². The first-order chi connectivity index (χ1) is 11.9. The lowest BCUT2D eigenvalue weighted by Crippen LogP contribution is -2.28. The number of anilines is 1. The molecule has 0 spiro atoms. The smallest absolute Gasteiger partial charge is 0.258 e. The van der Waals surface area contributed by atoms with E-state index >= 15 is 0 Å². The summed E-state index contributed by atoms with van der Waals surface area (Å²) in [6.07, 6.45) is 1.07. The maximum absolute atomic E-state index is 11.8. The molecule has 2 aromatic rings. The predicted molar refractivity (Wildman–Crippen MR) is 93.4 cm³/mol. The first-order valence-corrected chi connectivity index (χ1v) is 9.21. The van der Waals surface area contributed by atoms with E-state index in [1.54, 1.807) is 48.5 Å². The molecule has 2 aromatic carbocycles. The van der Waals surface area contributed by atoms with Gasteiger partial charge in [0.1, 0.15) is 5.75 Å². The molecule has 7 nitrogen and oxygen atoms in total. The van der Waals surface area contributed by atoms with Crippen LogP contribution in [0.3, 0.4) is 0 Å². The molecule has 0 heterocycles. The highest BCUT2D eigenvalue weighted by Crippen LogP contribution is 2.13. The van der Waals surface area contributed by atoms with Crippen molar-refractivity contribution < 1.29 is 17.9 Å². The maximum atomic E-state index is 11.8. The lowest BCUT2D eigenvalue weighted by atomic mass is 10.2. The van der Waals surface area contributed by atoms with E-state index in [0.29, 0.717) is 17.0 Å². The normalized spacial score (nSPS) is 10.6. The molecule has 0 fully saturated rings. The number of amides is 1. The second kappa shape index (κ2) is 8.17. The fourth-order valence-corrected chi connectivity index (χ4v) is 2.57. The summed E-state index contributed by atoms with van der Waals surface area (Å²) < 4.78 is 30.2. The number of carbonyl (C=O) groups is 1. The number of nitriles is 1. The molecule has 0 saturated heterocycles. The molecule has 0 saturated carbocycles. The van der Waals surface area contributed by atoms with Crippen molar-refractivity contribution in [3.63, 3.8) is 0 Å². The van der Waals surface area contributed by atoms with Gasteiger partial charge in [-0.3, -0.25) is 9.52 Å². The molecule has 2 N–H and O–H groups in total. The molecule has 0 aliphatic heterocycles. The highest BCUT2D eigenvalue weighted by molar-refractivity contribution is 7.92. The number of nitrogens with one attached hydrogen (secondary N) is 2. The molecule has 0 bridgehead atoms. The number of nitrogens with zero attached hydrogens (tertiary/aromatic N) is 1. The topological polar surface area (TPSA) is 108 Å². The number of hydrogen-bond acceptors (Lipinski definition) is 5. The van der Waals surface area contributed by atoms with Crippen LogP contribution in [-0.2, 0) is 21.4 Å². The largest absolute Gasteiger partial charge is 0.484 e. The van der Waals surface area contributed by atoms with Crippen LogP contribution in [0.5, 0.6) is 5.75 Å². The highest BCUT2D eigenvalue weighted by Gasteiger charge is 2.06. The molecule has 0 atom stereocenters. The van der Waals surface area contributed by atoms with E-state index in [4.69, 9.17) is 10.00 Å². The molecule has 0 radical (unpaired) electrons. The second-order valence-electron chi connectivity index (χ2n) is 5.28. The number of ether oxygens (including phenoxy) is 1. The van der Waals surface area contributed by atoms with Crippen LogP contribution in [0.4, 0.5) is 5.69 Å². The average Bonchev–Trinajstić information content (AvgIpc) is 2.57.